The highest BCUT2D eigenvalue weighted by Gasteiger charge is 2.19. The van der Waals surface area contributed by atoms with Crippen LogP contribution in [0.15, 0.2) is 0 Å². The number of hydrogen-bond acceptors (Lipinski definition) is 4. The zero-order chi connectivity index (χ0) is 11.8. The number of nitrogens with one attached hydrogen (secondary N) is 1. The number of unbranched alkanes of at least 4 members (excludes halogenated alkanes) is 1. The van der Waals surface area contributed by atoms with Crippen LogP contribution in [-0.4, -0.2) is 46.2 Å². The highest BCUT2D eigenvalue weighted by molar-refractivity contribution is 8.06. The van der Waals surface area contributed by atoms with Gasteiger partial charge in [0.2, 0.25) is 0 Å². The first-order valence-corrected chi connectivity index (χ1v) is 8.10. The number of thioether (sulfide) groups is 2. The van der Waals surface area contributed by atoms with E-state index in [4.69, 9.17) is 5.11 Å². The summed E-state index contributed by atoms with van der Waals surface area (Å²) >= 11 is 3.94. The summed E-state index contributed by atoms with van der Waals surface area (Å²) in [4.78, 5) is 11.0. The molecule has 2 unspecified atom stereocenters. The SMILES string of the molecule is CCCCC(NCC1CSCCS1)C(=O)O. The van der Waals surface area contributed by atoms with Crippen LogP contribution >= 0.6 is 23.5 Å². The van der Waals surface area contributed by atoms with Crippen molar-refractivity contribution in [1.82, 2.24) is 5.32 Å². The number of hydrogen-bond donors (Lipinski definition) is 2. The van der Waals surface area contributed by atoms with Crippen LogP contribution in [0.4, 0.5) is 0 Å². The van der Waals surface area contributed by atoms with E-state index in [1.807, 2.05) is 23.5 Å². The summed E-state index contributed by atoms with van der Waals surface area (Å²) in [7, 11) is 0. The molecule has 2 atom stereocenters. The molecule has 1 heterocycles. The van der Waals surface area contributed by atoms with Crippen LogP contribution in [0.1, 0.15) is 26.2 Å². The molecular formula is C11H21NO2S2. The lowest BCUT2D eigenvalue weighted by Crippen LogP contribution is -2.41. The van der Waals surface area contributed by atoms with Gasteiger partial charge in [-0.05, 0) is 6.42 Å². The van der Waals surface area contributed by atoms with Crippen LogP contribution in [0.2, 0.25) is 0 Å². The molecule has 0 aliphatic carbocycles. The molecule has 0 radical (unpaired) electrons. The monoisotopic (exact) mass is 263 g/mol. The molecular weight excluding hydrogens is 242 g/mol. The van der Waals surface area contributed by atoms with E-state index in [-0.39, 0.29) is 6.04 Å². The maximum atomic E-state index is 11.0. The van der Waals surface area contributed by atoms with E-state index >= 15 is 0 Å². The molecule has 0 aromatic rings. The molecule has 0 aromatic carbocycles. The van der Waals surface area contributed by atoms with Gasteiger partial charge >= 0.3 is 5.97 Å². The number of carbonyl (C=O) groups is 1. The molecule has 94 valence electrons. The van der Waals surface area contributed by atoms with Crippen LogP contribution < -0.4 is 5.32 Å². The minimum absolute atomic E-state index is 0.354. The maximum absolute atomic E-state index is 11.0. The fourth-order valence-electron chi connectivity index (χ4n) is 1.65. The second-order valence-corrected chi connectivity index (χ2v) is 6.57. The van der Waals surface area contributed by atoms with Crippen molar-refractivity contribution in [1.29, 1.82) is 0 Å². The molecule has 3 nitrogen and oxygen atoms in total. The van der Waals surface area contributed by atoms with Crippen molar-refractivity contribution in [2.45, 2.75) is 37.5 Å². The third-order valence-corrected chi connectivity index (χ3v) is 5.47. The van der Waals surface area contributed by atoms with Gasteiger partial charge in [0.25, 0.3) is 0 Å². The molecule has 5 heteroatoms. The minimum atomic E-state index is -0.707. The third kappa shape index (κ3) is 5.46. The number of carboxylic acids is 1. The van der Waals surface area contributed by atoms with Gasteiger partial charge < -0.3 is 10.4 Å². The third-order valence-electron chi connectivity index (χ3n) is 2.62. The summed E-state index contributed by atoms with van der Waals surface area (Å²) in [5.41, 5.74) is 0. The summed E-state index contributed by atoms with van der Waals surface area (Å²) in [6.07, 6.45) is 2.78. The molecule has 1 saturated heterocycles. The Labute approximate surface area is 106 Å². The zero-order valence-electron chi connectivity index (χ0n) is 9.78. The van der Waals surface area contributed by atoms with E-state index < -0.39 is 5.97 Å². The summed E-state index contributed by atoms with van der Waals surface area (Å²) in [5.74, 6) is 2.88. The van der Waals surface area contributed by atoms with E-state index in [9.17, 15) is 4.79 Å². The summed E-state index contributed by atoms with van der Waals surface area (Å²) in [6, 6.07) is -0.354. The smallest absolute Gasteiger partial charge is 0.320 e. The van der Waals surface area contributed by atoms with Crippen LogP contribution in [0.5, 0.6) is 0 Å². The van der Waals surface area contributed by atoms with Gasteiger partial charge in [-0.1, -0.05) is 19.8 Å². The average Bonchev–Trinajstić information content (AvgIpc) is 2.30. The lowest BCUT2D eigenvalue weighted by molar-refractivity contribution is -0.139. The first kappa shape index (κ1) is 14.2. The van der Waals surface area contributed by atoms with Crippen LogP contribution in [0.3, 0.4) is 0 Å². The van der Waals surface area contributed by atoms with Crippen molar-refractivity contribution in [3.05, 3.63) is 0 Å². The topological polar surface area (TPSA) is 49.3 Å². The van der Waals surface area contributed by atoms with Gasteiger partial charge in [-0.3, -0.25) is 4.79 Å². The first-order chi connectivity index (χ1) is 7.74. The highest BCUT2D eigenvalue weighted by Crippen LogP contribution is 2.23. The van der Waals surface area contributed by atoms with Gasteiger partial charge in [0, 0.05) is 29.1 Å². The summed E-state index contributed by atoms with van der Waals surface area (Å²) < 4.78 is 0. The molecule has 0 aromatic heterocycles. The fraction of sp³-hybridized carbons (Fsp3) is 0.909. The van der Waals surface area contributed by atoms with E-state index in [0.29, 0.717) is 5.25 Å². The quantitative estimate of drug-likeness (QED) is 0.736. The molecule has 1 aliphatic rings. The predicted octanol–water partition coefficient (Wildman–Crippen LogP) is 2.07. The largest absolute Gasteiger partial charge is 0.480 e. The van der Waals surface area contributed by atoms with Crippen LogP contribution in [-0.2, 0) is 4.79 Å². The second-order valence-electron chi connectivity index (χ2n) is 4.01. The van der Waals surface area contributed by atoms with E-state index in [1.165, 1.54) is 11.5 Å². The number of aliphatic carboxylic acids is 1. The number of rotatable bonds is 7. The lowest BCUT2D eigenvalue weighted by Gasteiger charge is -2.23. The molecule has 16 heavy (non-hydrogen) atoms. The van der Waals surface area contributed by atoms with Crippen molar-refractivity contribution >= 4 is 29.5 Å². The van der Waals surface area contributed by atoms with Crippen LogP contribution in [0, 0.1) is 0 Å². The van der Waals surface area contributed by atoms with Gasteiger partial charge in [-0.15, -0.1) is 0 Å². The maximum Gasteiger partial charge on any atom is 0.320 e. The molecule has 2 N–H and O–H groups in total. The second kappa shape index (κ2) is 8.25. The van der Waals surface area contributed by atoms with Gasteiger partial charge in [0.1, 0.15) is 6.04 Å². The molecule has 1 aliphatic heterocycles. The molecule has 0 amide bonds. The van der Waals surface area contributed by atoms with Crippen molar-refractivity contribution in [2.75, 3.05) is 23.8 Å². The standard InChI is InChI=1S/C11H21NO2S2/c1-2-3-4-10(11(13)14)12-7-9-8-15-5-6-16-9/h9-10,12H,2-8H2,1H3,(H,13,14). The van der Waals surface area contributed by atoms with Gasteiger partial charge in [-0.2, -0.15) is 23.5 Å². The van der Waals surface area contributed by atoms with E-state index in [2.05, 4.69) is 12.2 Å². The Kier molecular flexibility index (Phi) is 7.32. The Hall–Kier alpha value is 0.130. The Balaban J connectivity index is 2.22. The lowest BCUT2D eigenvalue weighted by atomic mass is 10.1. The Morgan fingerprint density at radius 2 is 2.38 bits per heavy atom. The molecule has 1 rings (SSSR count). The van der Waals surface area contributed by atoms with Crippen molar-refractivity contribution in [3.63, 3.8) is 0 Å². The Bertz CT molecular complexity index is 208. The van der Waals surface area contributed by atoms with Gasteiger partial charge in [0.05, 0.1) is 0 Å². The summed E-state index contributed by atoms with van der Waals surface area (Å²) in [6.45, 7) is 2.92. The normalized spacial score (nSPS) is 22.9. The van der Waals surface area contributed by atoms with Crippen molar-refractivity contribution < 1.29 is 9.90 Å². The van der Waals surface area contributed by atoms with Crippen molar-refractivity contribution in [3.8, 4) is 0 Å². The number of carboxylic acid groups (broad SMARTS) is 1. The molecule has 0 saturated carbocycles. The fourth-order valence-corrected chi connectivity index (χ4v) is 4.27. The van der Waals surface area contributed by atoms with Crippen molar-refractivity contribution in [2.24, 2.45) is 0 Å². The van der Waals surface area contributed by atoms with E-state index in [0.717, 1.165) is 31.6 Å². The molecule has 0 spiro atoms. The van der Waals surface area contributed by atoms with Crippen LogP contribution in [0.25, 0.3) is 0 Å². The Morgan fingerprint density at radius 3 is 2.94 bits per heavy atom. The first-order valence-electron chi connectivity index (χ1n) is 5.89. The minimum Gasteiger partial charge on any atom is -0.480 e. The van der Waals surface area contributed by atoms with Gasteiger partial charge in [0.15, 0.2) is 0 Å². The summed E-state index contributed by atoms with van der Waals surface area (Å²) in [5, 5.41) is 12.8. The Morgan fingerprint density at radius 1 is 1.56 bits per heavy atom. The van der Waals surface area contributed by atoms with E-state index in [1.54, 1.807) is 0 Å². The zero-order valence-corrected chi connectivity index (χ0v) is 11.4. The highest BCUT2D eigenvalue weighted by atomic mass is 32.2. The molecule has 1 fully saturated rings. The average molecular weight is 263 g/mol. The van der Waals surface area contributed by atoms with Gasteiger partial charge in [-0.25, -0.2) is 0 Å². The molecule has 0 bridgehead atoms. The predicted molar refractivity (Wildman–Crippen MR) is 72.5 cm³/mol.